The van der Waals surface area contributed by atoms with E-state index in [1.807, 2.05) is 32.9 Å². The van der Waals surface area contributed by atoms with E-state index in [0.29, 0.717) is 11.0 Å². The zero-order valence-electron chi connectivity index (χ0n) is 15.1. The second-order valence-electron chi connectivity index (χ2n) is 6.45. The van der Waals surface area contributed by atoms with Crippen molar-refractivity contribution in [2.75, 3.05) is 18.7 Å². The highest BCUT2D eigenvalue weighted by Crippen LogP contribution is 2.23. The fourth-order valence-electron chi connectivity index (χ4n) is 1.98. The van der Waals surface area contributed by atoms with Gasteiger partial charge in [-0.15, -0.1) is 10.2 Å². The first-order valence-corrected chi connectivity index (χ1v) is 8.78. The first kappa shape index (κ1) is 19.6. The van der Waals surface area contributed by atoms with Crippen molar-refractivity contribution in [3.8, 4) is 17.1 Å². The van der Waals surface area contributed by atoms with E-state index in [0.717, 1.165) is 23.1 Å². The van der Waals surface area contributed by atoms with Gasteiger partial charge in [0.2, 0.25) is 11.1 Å². The number of imide groups is 1. The predicted octanol–water partition coefficient (Wildman–Crippen LogP) is 1.38. The Bertz CT molecular complexity index is 782. The largest absolute Gasteiger partial charge is 0.497 e. The smallest absolute Gasteiger partial charge is 0.321 e. The van der Waals surface area contributed by atoms with E-state index < -0.39 is 17.5 Å². The van der Waals surface area contributed by atoms with Crippen molar-refractivity contribution in [1.29, 1.82) is 0 Å². The molecule has 2 aromatic rings. The standard InChI is InChI=1S/C16H22N6O3S/c1-16(2,3)19-14(24)18-12(23)9-26-15-21-20-13(22(15)17)10-5-7-11(25-4)8-6-10/h5-8H,9,17H2,1-4H3,(H2,18,19,23,24). The van der Waals surface area contributed by atoms with Crippen LogP contribution < -0.4 is 21.2 Å². The molecule has 0 saturated heterocycles. The molecule has 0 bridgehead atoms. The van der Waals surface area contributed by atoms with Crippen LogP contribution in [0.15, 0.2) is 29.4 Å². The van der Waals surface area contributed by atoms with Crippen molar-refractivity contribution in [2.24, 2.45) is 0 Å². The number of thioether (sulfide) groups is 1. The van der Waals surface area contributed by atoms with Crippen LogP contribution in [0.5, 0.6) is 5.75 Å². The second kappa shape index (κ2) is 8.09. The number of carbonyl (C=O) groups excluding carboxylic acids is 2. The number of amides is 3. The summed E-state index contributed by atoms with van der Waals surface area (Å²) in [5.74, 6) is 6.71. The molecule has 0 saturated carbocycles. The van der Waals surface area contributed by atoms with Crippen molar-refractivity contribution in [2.45, 2.75) is 31.5 Å². The Morgan fingerprint density at radius 3 is 2.46 bits per heavy atom. The molecule has 2 rings (SSSR count). The second-order valence-corrected chi connectivity index (χ2v) is 7.39. The molecule has 0 spiro atoms. The number of rotatable bonds is 5. The number of nitrogen functional groups attached to an aromatic ring is 1. The molecule has 10 heteroatoms. The highest BCUT2D eigenvalue weighted by atomic mass is 32.2. The van der Waals surface area contributed by atoms with Crippen LogP contribution in [0.1, 0.15) is 20.8 Å². The summed E-state index contributed by atoms with van der Waals surface area (Å²) >= 11 is 1.09. The van der Waals surface area contributed by atoms with Crippen LogP contribution in [0.25, 0.3) is 11.4 Å². The molecular formula is C16H22N6O3S. The summed E-state index contributed by atoms with van der Waals surface area (Å²) in [6.45, 7) is 5.47. The minimum atomic E-state index is -0.545. The van der Waals surface area contributed by atoms with Gasteiger partial charge >= 0.3 is 6.03 Å². The molecule has 0 aliphatic carbocycles. The van der Waals surface area contributed by atoms with Crippen molar-refractivity contribution in [3.05, 3.63) is 24.3 Å². The van der Waals surface area contributed by atoms with Crippen molar-refractivity contribution in [1.82, 2.24) is 25.5 Å². The van der Waals surface area contributed by atoms with Crippen LogP contribution in [0.4, 0.5) is 4.79 Å². The van der Waals surface area contributed by atoms with Gasteiger partial charge in [0.05, 0.1) is 12.9 Å². The van der Waals surface area contributed by atoms with E-state index in [1.54, 1.807) is 19.2 Å². The van der Waals surface area contributed by atoms with E-state index in [1.165, 1.54) is 4.68 Å². The van der Waals surface area contributed by atoms with Gasteiger partial charge in [-0.05, 0) is 45.0 Å². The lowest BCUT2D eigenvalue weighted by atomic mass is 10.1. The molecule has 0 fully saturated rings. The van der Waals surface area contributed by atoms with Crippen LogP contribution in [0.2, 0.25) is 0 Å². The number of aromatic nitrogens is 3. The van der Waals surface area contributed by atoms with E-state index >= 15 is 0 Å². The molecule has 0 aliphatic heterocycles. The van der Waals surface area contributed by atoms with E-state index in [4.69, 9.17) is 10.6 Å². The summed E-state index contributed by atoms with van der Waals surface area (Å²) < 4.78 is 6.41. The SMILES string of the molecule is COc1ccc(-c2nnc(SCC(=O)NC(=O)NC(C)(C)C)n2N)cc1. The number of carbonyl (C=O) groups is 2. The van der Waals surface area contributed by atoms with Gasteiger partial charge in [-0.3, -0.25) is 10.1 Å². The van der Waals surface area contributed by atoms with Crippen molar-refractivity contribution >= 4 is 23.7 Å². The Morgan fingerprint density at radius 1 is 1.23 bits per heavy atom. The topological polar surface area (TPSA) is 124 Å². The van der Waals surface area contributed by atoms with Gasteiger partial charge in [0.25, 0.3) is 0 Å². The molecule has 0 atom stereocenters. The van der Waals surface area contributed by atoms with E-state index in [2.05, 4.69) is 20.8 Å². The summed E-state index contributed by atoms with van der Waals surface area (Å²) in [6.07, 6.45) is 0. The zero-order chi connectivity index (χ0) is 19.3. The Kier molecular flexibility index (Phi) is 6.09. The summed E-state index contributed by atoms with van der Waals surface area (Å²) in [5.41, 5.74) is 0.337. The highest BCUT2D eigenvalue weighted by molar-refractivity contribution is 7.99. The number of ether oxygens (including phenoxy) is 1. The van der Waals surface area contributed by atoms with Crippen LogP contribution in [0, 0.1) is 0 Å². The average Bonchev–Trinajstić information content (AvgIpc) is 2.92. The lowest BCUT2D eigenvalue weighted by Crippen LogP contribution is -2.48. The van der Waals surface area contributed by atoms with Gasteiger partial charge in [0, 0.05) is 11.1 Å². The van der Waals surface area contributed by atoms with E-state index in [-0.39, 0.29) is 5.75 Å². The number of hydrogen-bond acceptors (Lipinski definition) is 7. The molecule has 1 aromatic heterocycles. The maximum Gasteiger partial charge on any atom is 0.321 e. The quantitative estimate of drug-likeness (QED) is 0.530. The van der Waals surface area contributed by atoms with Crippen molar-refractivity contribution in [3.63, 3.8) is 0 Å². The van der Waals surface area contributed by atoms with Crippen LogP contribution >= 0.6 is 11.8 Å². The monoisotopic (exact) mass is 378 g/mol. The van der Waals surface area contributed by atoms with Gasteiger partial charge in [0.15, 0.2) is 5.82 Å². The molecule has 0 unspecified atom stereocenters. The zero-order valence-corrected chi connectivity index (χ0v) is 15.9. The number of methoxy groups -OCH3 is 1. The first-order chi connectivity index (χ1) is 12.2. The molecule has 26 heavy (non-hydrogen) atoms. The number of benzene rings is 1. The minimum absolute atomic E-state index is 0.0183. The normalized spacial score (nSPS) is 11.1. The summed E-state index contributed by atoms with van der Waals surface area (Å²) in [5, 5.41) is 13.3. The number of nitrogens with one attached hydrogen (secondary N) is 2. The molecule has 3 amide bonds. The summed E-state index contributed by atoms with van der Waals surface area (Å²) in [7, 11) is 1.59. The predicted molar refractivity (Wildman–Crippen MR) is 99.3 cm³/mol. The Balaban J connectivity index is 1.95. The highest BCUT2D eigenvalue weighted by Gasteiger charge is 2.17. The molecular weight excluding hydrogens is 356 g/mol. The lowest BCUT2D eigenvalue weighted by molar-refractivity contribution is -0.117. The van der Waals surface area contributed by atoms with Crippen LogP contribution in [0.3, 0.4) is 0 Å². The van der Waals surface area contributed by atoms with Crippen LogP contribution in [-0.2, 0) is 4.79 Å². The number of urea groups is 1. The minimum Gasteiger partial charge on any atom is -0.497 e. The summed E-state index contributed by atoms with van der Waals surface area (Å²) in [4.78, 5) is 23.5. The molecule has 9 nitrogen and oxygen atoms in total. The fourth-order valence-corrected chi connectivity index (χ4v) is 2.63. The Labute approximate surface area is 155 Å². The third-order valence-electron chi connectivity index (χ3n) is 3.09. The van der Waals surface area contributed by atoms with Gasteiger partial charge in [-0.25, -0.2) is 9.47 Å². The number of nitrogens with zero attached hydrogens (tertiary/aromatic N) is 3. The third kappa shape index (κ3) is 5.38. The van der Waals surface area contributed by atoms with Crippen molar-refractivity contribution < 1.29 is 14.3 Å². The Morgan fingerprint density at radius 2 is 1.88 bits per heavy atom. The molecule has 4 N–H and O–H groups in total. The van der Waals surface area contributed by atoms with Gasteiger partial charge < -0.3 is 15.9 Å². The lowest BCUT2D eigenvalue weighted by Gasteiger charge is -2.20. The molecule has 0 radical (unpaired) electrons. The maximum absolute atomic E-state index is 11.9. The first-order valence-electron chi connectivity index (χ1n) is 7.79. The number of hydrogen-bond donors (Lipinski definition) is 3. The maximum atomic E-state index is 11.9. The Hall–Kier alpha value is -2.75. The molecule has 140 valence electrons. The average molecular weight is 378 g/mol. The fraction of sp³-hybridized carbons (Fsp3) is 0.375. The van der Waals surface area contributed by atoms with E-state index in [9.17, 15) is 9.59 Å². The van der Waals surface area contributed by atoms with Gasteiger partial charge in [-0.1, -0.05) is 11.8 Å². The van der Waals surface area contributed by atoms with Gasteiger partial charge in [0.1, 0.15) is 5.75 Å². The third-order valence-corrected chi connectivity index (χ3v) is 4.03. The molecule has 1 heterocycles. The molecule has 0 aliphatic rings. The molecule has 1 aromatic carbocycles. The summed E-state index contributed by atoms with van der Waals surface area (Å²) in [6, 6.07) is 6.65. The number of nitrogens with two attached hydrogens (primary N) is 1. The van der Waals surface area contributed by atoms with Gasteiger partial charge in [-0.2, -0.15) is 0 Å². The van der Waals surface area contributed by atoms with Crippen LogP contribution in [-0.4, -0.2) is 45.2 Å².